The molecule has 1 heterocycles. The van der Waals surface area contributed by atoms with Crippen LogP contribution in [0, 0.1) is 34.2 Å². The molecule has 2 aliphatic rings. The highest BCUT2D eigenvalue weighted by atomic mass is 127. The van der Waals surface area contributed by atoms with Crippen molar-refractivity contribution in [1.29, 1.82) is 5.26 Å². The lowest BCUT2D eigenvalue weighted by atomic mass is 9.68. The molecule has 2 aromatic carbocycles. The Morgan fingerprint density at radius 3 is 2.42 bits per heavy atom. The Labute approximate surface area is 197 Å². The second kappa shape index (κ2) is 7.83. The van der Waals surface area contributed by atoms with Gasteiger partial charge in [0.1, 0.15) is 5.82 Å². The van der Waals surface area contributed by atoms with Crippen molar-refractivity contribution < 1.29 is 4.79 Å². The highest BCUT2D eigenvalue weighted by Crippen LogP contribution is 2.50. The summed E-state index contributed by atoms with van der Waals surface area (Å²) in [5.74, 6) is 0.0919. The van der Waals surface area contributed by atoms with Crippen LogP contribution in [0.25, 0.3) is 0 Å². The lowest BCUT2D eigenvalue weighted by Gasteiger charge is -2.44. The molecule has 1 aliphatic carbocycles. The van der Waals surface area contributed by atoms with Crippen molar-refractivity contribution in [3.05, 3.63) is 85.4 Å². The standard InChI is InChI=1S/C26H26IN3O/c1-15-5-10-19(16(2)11-15)23-20(14-28)25(29)30(18-8-6-17(27)7-9-18)21-12-26(3,4)13-22(31)24(21)23/h5-11,23H,12-13,29H2,1-4H3. The fourth-order valence-corrected chi connectivity index (χ4v) is 5.21. The molecule has 1 aliphatic heterocycles. The lowest BCUT2D eigenvalue weighted by Crippen LogP contribution is -2.42. The van der Waals surface area contributed by atoms with E-state index in [2.05, 4.69) is 48.6 Å². The van der Waals surface area contributed by atoms with Crippen molar-refractivity contribution in [2.45, 2.75) is 46.5 Å². The summed E-state index contributed by atoms with van der Waals surface area (Å²) in [5, 5.41) is 10.2. The number of anilines is 1. The molecule has 5 heteroatoms. The Morgan fingerprint density at radius 1 is 1.13 bits per heavy atom. The van der Waals surface area contributed by atoms with E-state index in [1.807, 2.05) is 55.1 Å². The summed E-state index contributed by atoms with van der Waals surface area (Å²) in [5.41, 5.74) is 12.7. The van der Waals surface area contributed by atoms with Crippen LogP contribution in [-0.2, 0) is 4.79 Å². The summed E-state index contributed by atoms with van der Waals surface area (Å²) < 4.78 is 1.11. The molecule has 4 nitrogen and oxygen atoms in total. The van der Waals surface area contributed by atoms with Gasteiger partial charge in [-0.2, -0.15) is 5.26 Å². The van der Waals surface area contributed by atoms with Gasteiger partial charge in [-0.1, -0.05) is 37.6 Å². The first-order valence-corrected chi connectivity index (χ1v) is 11.5. The third kappa shape index (κ3) is 3.78. The number of allylic oxidation sites excluding steroid dienone is 3. The third-order valence-electron chi connectivity index (χ3n) is 6.20. The highest BCUT2D eigenvalue weighted by molar-refractivity contribution is 14.1. The van der Waals surface area contributed by atoms with Crippen LogP contribution in [0.3, 0.4) is 0 Å². The second-order valence-corrected chi connectivity index (χ2v) is 10.6. The van der Waals surface area contributed by atoms with Crippen LogP contribution in [0.2, 0.25) is 0 Å². The van der Waals surface area contributed by atoms with Crippen molar-refractivity contribution in [2.75, 3.05) is 4.90 Å². The first-order chi connectivity index (χ1) is 14.6. The molecule has 2 aromatic rings. The average molecular weight is 523 g/mol. The van der Waals surface area contributed by atoms with Gasteiger partial charge < -0.3 is 5.73 Å². The molecule has 0 amide bonds. The molecule has 2 N–H and O–H groups in total. The predicted octanol–water partition coefficient (Wildman–Crippen LogP) is 5.85. The summed E-state index contributed by atoms with van der Waals surface area (Å²) in [6.45, 7) is 8.32. The zero-order chi connectivity index (χ0) is 22.5. The van der Waals surface area contributed by atoms with Gasteiger partial charge in [0, 0.05) is 26.9 Å². The molecule has 0 saturated heterocycles. The number of aryl methyl sites for hydroxylation is 2. The molecule has 0 radical (unpaired) electrons. The van der Waals surface area contributed by atoms with E-state index in [0.29, 0.717) is 17.8 Å². The van der Waals surface area contributed by atoms with Gasteiger partial charge in [-0.3, -0.25) is 9.69 Å². The molecule has 0 spiro atoms. The summed E-state index contributed by atoms with van der Waals surface area (Å²) >= 11 is 2.27. The predicted molar refractivity (Wildman–Crippen MR) is 132 cm³/mol. The zero-order valence-electron chi connectivity index (χ0n) is 18.3. The molecule has 158 valence electrons. The Hall–Kier alpha value is -2.59. The van der Waals surface area contributed by atoms with Crippen LogP contribution in [0.1, 0.15) is 49.3 Å². The van der Waals surface area contributed by atoms with Gasteiger partial charge in [0.25, 0.3) is 0 Å². The van der Waals surface area contributed by atoms with Gasteiger partial charge in [-0.15, -0.1) is 0 Å². The topological polar surface area (TPSA) is 70.1 Å². The minimum absolute atomic E-state index is 0.104. The fourth-order valence-electron chi connectivity index (χ4n) is 4.85. The largest absolute Gasteiger partial charge is 0.384 e. The number of carbonyl (C=O) groups is 1. The zero-order valence-corrected chi connectivity index (χ0v) is 20.4. The normalized spacial score (nSPS) is 20.6. The maximum Gasteiger partial charge on any atom is 0.162 e. The SMILES string of the molecule is Cc1ccc(C2C(C#N)=C(N)N(c3ccc(I)cc3)C3=C2C(=O)CC(C)(C)C3)c(C)c1. The first-order valence-electron chi connectivity index (χ1n) is 10.4. The van der Waals surface area contributed by atoms with Crippen LogP contribution in [0.5, 0.6) is 0 Å². The van der Waals surface area contributed by atoms with E-state index in [-0.39, 0.29) is 11.2 Å². The molecule has 0 saturated carbocycles. The minimum atomic E-state index is -0.427. The maximum atomic E-state index is 13.5. The number of hydrogen-bond acceptors (Lipinski definition) is 4. The second-order valence-electron chi connectivity index (χ2n) is 9.32. The average Bonchev–Trinajstić information content (AvgIpc) is 2.67. The molecular formula is C26H26IN3O. The highest BCUT2D eigenvalue weighted by Gasteiger charge is 2.44. The first kappa shape index (κ1) is 21.6. The number of nitrogens with two attached hydrogens (primary N) is 1. The summed E-state index contributed by atoms with van der Waals surface area (Å²) in [7, 11) is 0. The quantitative estimate of drug-likeness (QED) is 0.502. The molecule has 0 bridgehead atoms. The van der Waals surface area contributed by atoms with Crippen molar-refractivity contribution in [3.63, 3.8) is 0 Å². The van der Waals surface area contributed by atoms with E-state index in [0.717, 1.165) is 43.6 Å². The molecule has 1 unspecified atom stereocenters. The number of hydrogen-bond donors (Lipinski definition) is 1. The molecule has 4 rings (SSSR count). The van der Waals surface area contributed by atoms with Gasteiger partial charge in [0.2, 0.25) is 0 Å². The summed E-state index contributed by atoms with van der Waals surface area (Å²) in [6, 6.07) is 16.6. The summed E-state index contributed by atoms with van der Waals surface area (Å²) in [6.07, 6.45) is 1.19. The number of rotatable bonds is 2. The number of Topliss-reactive ketones (excluding diaryl/α,β-unsaturated/α-hetero) is 1. The number of benzene rings is 2. The van der Waals surface area contributed by atoms with Crippen molar-refractivity contribution in [2.24, 2.45) is 11.1 Å². The Morgan fingerprint density at radius 2 is 1.81 bits per heavy atom. The van der Waals surface area contributed by atoms with Gasteiger partial charge >= 0.3 is 0 Å². The van der Waals surface area contributed by atoms with Crippen LogP contribution in [0.15, 0.2) is 65.1 Å². The lowest BCUT2D eigenvalue weighted by molar-refractivity contribution is -0.118. The van der Waals surface area contributed by atoms with Gasteiger partial charge in [-0.05, 0) is 83.7 Å². The van der Waals surface area contributed by atoms with Crippen molar-refractivity contribution in [1.82, 2.24) is 0 Å². The van der Waals surface area contributed by atoms with Crippen molar-refractivity contribution in [3.8, 4) is 6.07 Å². The van der Waals surface area contributed by atoms with E-state index < -0.39 is 5.92 Å². The number of carbonyl (C=O) groups excluding carboxylic acids is 1. The monoisotopic (exact) mass is 523 g/mol. The number of nitriles is 1. The Balaban J connectivity index is 2.01. The number of ketones is 1. The van der Waals surface area contributed by atoms with Crippen LogP contribution in [-0.4, -0.2) is 5.78 Å². The van der Waals surface area contributed by atoms with E-state index in [1.54, 1.807) is 0 Å². The number of halogens is 1. The van der Waals surface area contributed by atoms with E-state index in [4.69, 9.17) is 5.73 Å². The van der Waals surface area contributed by atoms with Gasteiger partial charge in [0.05, 0.1) is 17.6 Å². The number of nitrogens with zero attached hydrogens (tertiary/aromatic N) is 2. The van der Waals surface area contributed by atoms with Crippen LogP contribution in [0.4, 0.5) is 5.69 Å². The Bertz CT molecular complexity index is 1180. The molecule has 1 atom stereocenters. The third-order valence-corrected chi connectivity index (χ3v) is 6.92. The summed E-state index contributed by atoms with van der Waals surface area (Å²) in [4.78, 5) is 15.5. The van der Waals surface area contributed by atoms with E-state index >= 15 is 0 Å². The van der Waals surface area contributed by atoms with Crippen molar-refractivity contribution >= 4 is 34.1 Å². The van der Waals surface area contributed by atoms with Gasteiger partial charge in [0.15, 0.2) is 5.78 Å². The van der Waals surface area contributed by atoms with Gasteiger partial charge in [-0.25, -0.2) is 0 Å². The smallest absolute Gasteiger partial charge is 0.162 e. The molecule has 0 fully saturated rings. The van der Waals surface area contributed by atoms with E-state index in [9.17, 15) is 10.1 Å². The Kier molecular flexibility index (Phi) is 5.47. The van der Waals surface area contributed by atoms with Crippen LogP contribution < -0.4 is 10.6 Å². The minimum Gasteiger partial charge on any atom is -0.384 e. The van der Waals surface area contributed by atoms with Crippen LogP contribution >= 0.6 is 22.6 Å². The maximum absolute atomic E-state index is 13.5. The van der Waals surface area contributed by atoms with E-state index in [1.165, 1.54) is 0 Å². The molecular weight excluding hydrogens is 497 g/mol. The fraction of sp³-hybridized carbons (Fsp3) is 0.308. The molecule has 0 aromatic heterocycles. The molecule has 31 heavy (non-hydrogen) atoms.